The van der Waals surface area contributed by atoms with E-state index in [2.05, 4.69) is 45.8 Å². The normalized spacial score (nSPS) is 41.3. The molecular formula is C18H34N6O2S. The maximum absolute atomic E-state index is 12.8. The van der Waals surface area contributed by atoms with Gasteiger partial charge in [0.1, 0.15) is 11.5 Å². The van der Waals surface area contributed by atoms with E-state index in [0.29, 0.717) is 22.6 Å². The van der Waals surface area contributed by atoms with Gasteiger partial charge >= 0.3 is 0 Å². The number of hydrazine groups is 1. The fourth-order valence-corrected chi connectivity index (χ4v) is 6.11. The van der Waals surface area contributed by atoms with Crippen LogP contribution in [0.3, 0.4) is 0 Å². The van der Waals surface area contributed by atoms with Crippen LogP contribution in [0.25, 0.3) is 0 Å². The third-order valence-corrected chi connectivity index (χ3v) is 8.08. The zero-order chi connectivity index (χ0) is 18.8. The summed E-state index contributed by atoms with van der Waals surface area (Å²) < 4.78 is 0. The van der Waals surface area contributed by atoms with Crippen molar-refractivity contribution in [2.45, 2.75) is 74.5 Å². The van der Waals surface area contributed by atoms with Crippen LogP contribution in [-0.2, 0) is 9.63 Å². The highest BCUT2D eigenvalue weighted by molar-refractivity contribution is 8.00. The van der Waals surface area contributed by atoms with Gasteiger partial charge in [-0.25, -0.2) is 10.9 Å². The number of nitrogens with one attached hydrogen (secondary N) is 5. The van der Waals surface area contributed by atoms with Crippen LogP contribution in [0.1, 0.15) is 45.4 Å². The number of hydrogen-bond acceptors (Lipinski definition) is 8. The summed E-state index contributed by atoms with van der Waals surface area (Å²) in [6.45, 7) is 4.13. The van der Waals surface area contributed by atoms with Crippen LogP contribution in [0.15, 0.2) is 0 Å². The van der Waals surface area contributed by atoms with Crippen LogP contribution < -0.4 is 27.0 Å². The predicted octanol–water partition coefficient (Wildman–Crippen LogP) is 0.293. The van der Waals surface area contributed by atoms with Crippen molar-refractivity contribution in [3.8, 4) is 0 Å². The van der Waals surface area contributed by atoms with Gasteiger partial charge in [0.05, 0.1) is 18.9 Å². The number of carbonyl (C=O) groups is 1. The molecule has 6 unspecified atom stereocenters. The zero-order valence-corrected chi connectivity index (χ0v) is 17.2. The minimum absolute atomic E-state index is 0.0520. The van der Waals surface area contributed by atoms with E-state index in [9.17, 15) is 4.79 Å². The molecule has 3 heterocycles. The van der Waals surface area contributed by atoms with Gasteiger partial charge < -0.3 is 5.32 Å². The summed E-state index contributed by atoms with van der Waals surface area (Å²) in [5.41, 5.74) is 9.82. The van der Waals surface area contributed by atoms with Crippen LogP contribution in [0, 0.1) is 11.8 Å². The molecule has 4 fully saturated rings. The number of thioether (sulfide) groups is 1. The Balaban J connectivity index is 1.27. The van der Waals surface area contributed by atoms with Crippen LogP contribution >= 0.6 is 11.8 Å². The molecule has 4 aliphatic rings. The number of hydroxylamine groups is 1. The lowest BCUT2D eigenvalue weighted by Crippen LogP contribution is -2.56. The van der Waals surface area contributed by atoms with Gasteiger partial charge in [-0.3, -0.25) is 19.8 Å². The van der Waals surface area contributed by atoms with Gasteiger partial charge in [0, 0.05) is 11.2 Å². The lowest BCUT2D eigenvalue weighted by molar-refractivity contribution is -0.126. The molecule has 0 spiro atoms. The largest absolute Gasteiger partial charge is 0.339 e. The van der Waals surface area contributed by atoms with Crippen molar-refractivity contribution < 1.29 is 9.63 Å². The molecule has 27 heavy (non-hydrogen) atoms. The Hall–Kier alpha value is -0.420. The summed E-state index contributed by atoms with van der Waals surface area (Å²) in [4.78, 5) is 20.8. The summed E-state index contributed by atoms with van der Waals surface area (Å²) in [5, 5.41) is 7.26. The van der Waals surface area contributed by atoms with Crippen molar-refractivity contribution in [1.82, 2.24) is 31.9 Å². The highest BCUT2D eigenvalue weighted by Gasteiger charge is 2.43. The Morgan fingerprint density at radius 2 is 2.15 bits per heavy atom. The van der Waals surface area contributed by atoms with Gasteiger partial charge in [0.15, 0.2) is 0 Å². The average Bonchev–Trinajstić information content (AvgIpc) is 3.28. The summed E-state index contributed by atoms with van der Waals surface area (Å²) in [6.07, 6.45) is 6.95. The first-order valence-electron chi connectivity index (χ1n) is 10.4. The number of carbonyl (C=O) groups excluding carboxylic acids is 1. The lowest BCUT2D eigenvalue weighted by atomic mass is 9.82. The second kappa shape index (κ2) is 8.94. The molecule has 1 amide bonds. The fraction of sp³-hybridized carbons (Fsp3) is 0.944. The van der Waals surface area contributed by atoms with E-state index < -0.39 is 0 Å². The summed E-state index contributed by atoms with van der Waals surface area (Å²) in [7, 11) is 2.12. The molecule has 4 rings (SSSR count). The molecule has 7 atom stereocenters. The Kier molecular flexibility index (Phi) is 6.58. The second-order valence-corrected chi connectivity index (χ2v) is 9.89. The van der Waals surface area contributed by atoms with Gasteiger partial charge in [-0.05, 0) is 45.2 Å². The Bertz CT molecular complexity index is 526. The lowest BCUT2D eigenvalue weighted by Gasteiger charge is -2.36. The first-order chi connectivity index (χ1) is 13.1. The molecule has 3 saturated heterocycles. The fourth-order valence-electron chi connectivity index (χ4n) is 4.80. The van der Waals surface area contributed by atoms with Gasteiger partial charge in [-0.1, -0.05) is 19.8 Å². The summed E-state index contributed by atoms with van der Waals surface area (Å²) >= 11 is 1.96. The smallest absolute Gasteiger partial charge is 0.241 e. The number of rotatable bonds is 5. The predicted molar refractivity (Wildman–Crippen MR) is 106 cm³/mol. The van der Waals surface area contributed by atoms with Crippen molar-refractivity contribution in [2.24, 2.45) is 11.8 Å². The van der Waals surface area contributed by atoms with Crippen molar-refractivity contribution >= 4 is 17.7 Å². The number of nitrogens with zero attached hydrogens (tertiary/aromatic N) is 1. The van der Waals surface area contributed by atoms with E-state index >= 15 is 0 Å². The van der Waals surface area contributed by atoms with E-state index in [4.69, 9.17) is 4.84 Å². The maximum atomic E-state index is 12.8. The third-order valence-electron chi connectivity index (χ3n) is 6.53. The molecule has 3 aliphatic heterocycles. The molecule has 0 radical (unpaired) electrons. The molecule has 0 aromatic carbocycles. The van der Waals surface area contributed by atoms with Crippen LogP contribution in [0.5, 0.6) is 0 Å². The Labute approximate surface area is 166 Å². The zero-order valence-electron chi connectivity index (χ0n) is 16.4. The summed E-state index contributed by atoms with van der Waals surface area (Å²) in [6, 6.07) is -0.202. The SMILES string of the molecule is C[C@H](SC1NNCN1C)C1CCNC(NC(=O)C2NOC3CCCCC32)C1. The standard InChI is InChI=1S/C18H34N6O2S/c1-11(27-18-22-20-10-24(18)2)12-7-8-19-15(9-12)21-17(25)16-13-5-3-4-6-14(13)26-23-16/h11-16,18-20,22-23H,3-10H2,1-2H3,(H,21,25)/t11-,12?,13?,14?,15?,16?,18?/m0/s1. The number of fused-ring (bicyclic) bond motifs is 1. The molecule has 0 bridgehead atoms. The number of amides is 1. The van der Waals surface area contributed by atoms with E-state index in [0.717, 1.165) is 38.9 Å². The van der Waals surface area contributed by atoms with Crippen molar-refractivity contribution in [1.29, 1.82) is 0 Å². The van der Waals surface area contributed by atoms with Gasteiger partial charge in [0.25, 0.3) is 0 Å². The molecule has 8 nitrogen and oxygen atoms in total. The number of piperidine rings is 1. The minimum Gasteiger partial charge on any atom is -0.339 e. The monoisotopic (exact) mass is 398 g/mol. The summed E-state index contributed by atoms with van der Waals surface area (Å²) in [5.74, 6) is 1.00. The van der Waals surface area contributed by atoms with Crippen molar-refractivity contribution in [3.63, 3.8) is 0 Å². The molecule has 0 aromatic rings. The first kappa shape index (κ1) is 19.9. The van der Waals surface area contributed by atoms with E-state index in [-0.39, 0.29) is 24.2 Å². The molecule has 0 aromatic heterocycles. The third kappa shape index (κ3) is 4.60. The maximum Gasteiger partial charge on any atom is 0.241 e. The quantitative estimate of drug-likeness (QED) is 0.452. The van der Waals surface area contributed by atoms with E-state index in [1.54, 1.807) is 0 Å². The van der Waals surface area contributed by atoms with Crippen LogP contribution in [0.4, 0.5) is 0 Å². The first-order valence-corrected chi connectivity index (χ1v) is 11.3. The Morgan fingerprint density at radius 3 is 2.96 bits per heavy atom. The molecule has 5 N–H and O–H groups in total. The molecule has 1 saturated carbocycles. The minimum atomic E-state index is -0.202. The van der Waals surface area contributed by atoms with Gasteiger partial charge in [0.2, 0.25) is 5.91 Å². The number of hydrogen-bond donors (Lipinski definition) is 5. The molecule has 1 aliphatic carbocycles. The van der Waals surface area contributed by atoms with Crippen molar-refractivity contribution in [3.05, 3.63) is 0 Å². The second-order valence-electron chi connectivity index (χ2n) is 8.43. The van der Waals surface area contributed by atoms with Gasteiger partial charge in [-0.2, -0.15) is 5.48 Å². The van der Waals surface area contributed by atoms with Crippen LogP contribution in [-0.4, -0.2) is 60.1 Å². The highest BCUT2D eigenvalue weighted by atomic mass is 32.2. The average molecular weight is 399 g/mol. The molecule has 9 heteroatoms. The topological polar surface area (TPSA) is 89.7 Å². The highest BCUT2D eigenvalue weighted by Crippen LogP contribution is 2.34. The van der Waals surface area contributed by atoms with Crippen molar-refractivity contribution in [2.75, 3.05) is 20.3 Å². The Morgan fingerprint density at radius 1 is 1.30 bits per heavy atom. The van der Waals surface area contributed by atoms with E-state index in [1.165, 1.54) is 12.8 Å². The van der Waals surface area contributed by atoms with Gasteiger partial charge in [-0.15, -0.1) is 11.8 Å². The molecular weight excluding hydrogens is 364 g/mol. The van der Waals surface area contributed by atoms with E-state index in [1.807, 2.05) is 11.8 Å². The van der Waals surface area contributed by atoms with Crippen LogP contribution in [0.2, 0.25) is 0 Å². The molecule has 154 valence electrons.